The molecule has 5 heteroatoms. The second-order valence-corrected chi connectivity index (χ2v) is 5.77. The van der Waals surface area contributed by atoms with E-state index in [4.69, 9.17) is 0 Å². The highest BCUT2D eigenvalue weighted by Crippen LogP contribution is 2.20. The molecule has 1 aromatic carbocycles. The summed E-state index contributed by atoms with van der Waals surface area (Å²) < 4.78 is 0. The highest BCUT2D eigenvalue weighted by molar-refractivity contribution is 7.09. The average molecular weight is 298 g/mol. The van der Waals surface area contributed by atoms with Gasteiger partial charge in [0.25, 0.3) is 0 Å². The lowest BCUT2D eigenvalue weighted by atomic mass is 10.1. The molecule has 0 unspecified atom stereocenters. The minimum atomic E-state index is 0.724. The van der Waals surface area contributed by atoms with Gasteiger partial charge in [0.2, 0.25) is 0 Å². The van der Waals surface area contributed by atoms with Crippen LogP contribution in [-0.4, -0.2) is 15.0 Å². The van der Waals surface area contributed by atoms with Crippen molar-refractivity contribution in [3.63, 3.8) is 0 Å². The van der Waals surface area contributed by atoms with Crippen LogP contribution in [0.2, 0.25) is 0 Å². The summed E-state index contributed by atoms with van der Waals surface area (Å²) in [6.45, 7) is 4.43. The van der Waals surface area contributed by atoms with Crippen molar-refractivity contribution in [3.8, 4) is 11.3 Å². The predicted molar refractivity (Wildman–Crippen MR) is 86.0 cm³/mol. The molecule has 2 heterocycles. The standard InChI is InChI=1S/C16H18N4S/c1-2-20-18-15(12-17-11-14-9-6-10-21-14)16(19-20)13-7-4-3-5-8-13/h3-10,17H,2,11-12H2,1H3. The fourth-order valence-electron chi connectivity index (χ4n) is 2.18. The van der Waals surface area contributed by atoms with Crippen LogP contribution in [0.5, 0.6) is 0 Å². The van der Waals surface area contributed by atoms with Crippen molar-refractivity contribution in [2.45, 2.75) is 26.6 Å². The van der Waals surface area contributed by atoms with Crippen LogP contribution in [0.25, 0.3) is 11.3 Å². The van der Waals surface area contributed by atoms with E-state index in [-0.39, 0.29) is 0 Å². The topological polar surface area (TPSA) is 42.7 Å². The van der Waals surface area contributed by atoms with Gasteiger partial charge >= 0.3 is 0 Å². The number of thiophene rings is 1. The maximum Gasteiger partial charge on any atom is 0.117 e. The Morgan fingerprint density at radius 3 is 2.62 bits per heavy atom. The summed E-state index contributed by atoms with van der Waals surface area (Å²) in [5.74, 6) is 0. The molecule has 0 saturated carbocycles. The third-order valence-electron chi connectivity index (χ3n) is 3.23. The van der Waals surface area contributed by atoms with Crippen LogP contribution in [0.15, 0.2) is 47.8 Å². The molecule has 0 aliphatic carbocycles. The number of benzene rings is 1. The number of aryl methyl sites for hydroxylation is 1. The normalized spacial score (nSPS) is 10.9. The molecule has 3 rings (SSSR count). The Hall–Kier alpha value is -1.98. The molecule has 0 atom stereocenters. The van der Waals surface area contributed by atoms with Crippen molar-refractivity contribution in [2.75, 3.05) is 0 Å². The zero-order valence-electron chi connectivity index (χ0n) is 12.0. The Labute approximate surface area is 128 Å². The van der Waals surface area contributed by atoms with Crippen LogP contribution >= 0.6 is 11.3 Å². The van der Waals surface area contributed by atoms with Gasteiger partial charge in [-0.05, 0) is 18.4 Å². The summed E-state index contributed by atoms with van der Waals surface area (Å²) in [6, 6.07) is 14.4. The minimum Gasteiger partial charge on any atom is -0.306 e. The first-order chi connectivity index (χ1) is 10.4. The molecule has 2 aromatic heterocycles. The van der Waals surface area contributed by atoms with Crippen LogP contribution < -0.4 is 5.32 Å². The number of nitrogens with one attached hydrogen (secondary N) is 1. The molecule has 4 nitrogen and oxygen atoms in total. The van der Waals surface area contributed by atoms with Crippen LogP contribution in [0, 0.1) is 0 Å². The minimum absolute atomic E-state index is 0.724. The molecular weight excluding hydrogens is 280 g/mol. The zero-order chi connectivity index (χ0) is 14.5. The molecule has 1 N–H and O–H groups in total. The summed E-state index contributed by atoms with van der Waals surface area (Å²) in [5, 5.41) is 14.7. The summed E-state index contributed by atoms with van der Waals surface area (Å²) in [6.07, 6.45) is 0. The van der Waals surface area contributed by atoms with E-state index in [0.29, 0.717) is 0 Å². The summed E-state index contributed by atoms with van der Waals surface area (Å²) >= 11 is 1.76. The average Bonchev–Trinajstić information content (AvgIpc) is 3.18. The predicted octanol–water partition coefficient (Wildman–Crippen LogP) is 3.32. The number of nitrogens with zero attached hydrogens (tertiary/aromatic N) is 3. The third-order valence-corrected chi connectivity index (χ3v) is 4.10. The van der Waals surface area contributed by atoms with E-state index in [2.05, 4.69) is 52.1 Å². The Bertz CT molecular complexity index is 674. The van der Waals surface area contributed by atoms with Crippen LogP contribution in [0.3, 0.4) is 0 Å². The van der Waals surface area contributed by atoms with Gasteiger partial charge in [-0.25, -0.2) is 0 Å². The second-order valence-electron chi connectivity index (χ2n) is 4.73. The van der Waals surface area contributed by atoms with E-state index >= 15 is 0 Å². The maximum atomic E-state index is 4.58. The van der Waals surface area contributed by atoms with Crippen LogP contribution in [0.1, 0.15) is 17.5 Å². The summed E-state index contributed by atoms with van der Waals surface area (Å²) in [4.78, 5) is 3.09. The quantitative estimate of drug-likeness (QED) is 0.759. The van der Waals surface area contributed by atoms with E-state index in [1.165, 1.54) is 4.88 Å². The maximum absolute atomic E-state index is 4.58. The van der Waals surface area contributed by atoms with Gasteiger partial charge in [-0.1, -0.05) is 36.4 Å². The smallest absolute Gasteiger partial charge is 0.117 e. The molecule has 0 fully saturated rings. The van der Waals surface area contributed by atoms with Gasteiger partial charge in [0.05, 0.1) is 6.54 Å². The first-order valence-corrected chi connectivity index (χ1v) is 7.97. The lowest BCUT2D eigenvalue weighted by Gasteiger charge is -2.02. The molecule has 0 aliphatic rings. The molecule has 108 valence electrons. The van der Waals surface area contributed by atoms with E-state index < -0.39 is 0 Å². The summed E-state index contributed by atoms with van der Waals surface area (Å²) in [5.41, 5.74) is 3.08. The van der Waals surface area contributed by atoms with E-state index in [1.54, 1.807) is 16.1 Å². The number of hydrogen-bond donors (Lipinski definition) is 1. The van der Waals surface area contributed by atoms with Crippen LogP contribution in [0.4, 0.5) is 0 Å². The van der Waals surface area contributed by atoms with Crippen molar-refractivity contribution in [1.82, 2.24) is 20.3 Å². The molecule has 0 amide bonds. The second kappa shape index (κ2) is 6.65. The first-order valence-electron chi connectivity index (χ1n) is 7.09. The Morgan fingerprint density at radius 1 is 1.05 bits per heavy atom. The van der Waals surface area contributed by atoms with Gasteiger partial charge < -0.3 is 5.32 Å². The molecule has 21 heavy (non-hydrogen) atoms. The van der Waals surface area contributed by atoms with Gasteiger partial charge in [-0.3, -0.25) is 0 Å². The van der Waals surface area contributed by atoms with E-state index in [9.17, 15) is 0 Å². The summed E-state index contributed by atoms with van der Waals surface area (Å²) in [7, 11) is 0. The van der Waals surface area contributed by atoms with Gasteiger partial charge in [-0.15, -0.1) is 11.3 Å². The van der Waals surface area contributed by atoms with Crippen LogP contribution in [-0.2, 0) is 19.6 Å². The highest BCUT2D eigenvalue weighted by atomic mass is 32.1. The molecule has 0 aliphatic heterocycles. The Morgan fingerprint density at radius 2 is 1.90 bits per heavy atom. The SMILES string of the molecule is CCn1nc(CNCc2cccs2)c(-c2ccccc2)n1. The van der Waals surface area contributed by atoms with Gasteiger partial charge in [0.15, 0.2) is 0 Å². The first kappa shape index (κ1) is 14.0. The number of rotatable bonds is 6. The van der Waals surface area contributed by atoms with Gasteiger partial charge in [0, 0.05) is 23.5 Å². The largest absolute Gasteiger partial charge is 0.306 e. The molecule has 0 radical (unpaired) electrons. The third kappa shape index (κ3) is 3.37. The highest BCUT2D eigenvalue weighted by Gasteiger charge is 2.12. The van der Waals surface area contributed by atoms with Gasteiger partial charge in [0.1, 0.15) is 11.4 Å². The molecule has 0 spiro atoms. The van der Waals surface area contributed by atoms with Crippen molar-refractivity contribution >= 4 is 11.3 Å². The number of aromatic nitrogens is 3. The monoisotopic (exact) mass is 298 g/mol. The fraction of sp³-hybridized carbons (Fsp3) is 0.250. The van der Waals surface area contributed by atoms with Crippen molar-refractivity contribution < 1.29 is 0 Å². The Balaban J connectivity index is 1.76. The van der Waals surface area contributed by atoms with Crippen molar-refractivity contribution in [3.05, 3.63) is 58.4 Å². The molecule has 0 saturated heterocycles. The fourth-order valence-corrected chi connectivity index (χ4v) is 2.85. The Kier molecular flexibility index (Phi) is 4.43. The molecule has 3 aromatic rings. The van der Waals surface area contributed by atoms with Gasteiger partial charge in [-0.2, -0.15) is 15.0 Å². The molecular formula is C16H18N4S. The van der Waals surface area contributed by atoms with E-state index in [1.807, 2.05) is 18.2 Å². The lowest BCUT2D eigenvalue weighted by molar-refractivity contribution is 0.558. The zero-order valence-corrected chi connectivity index (χ0v) is 12.8. The van der Waals surface area contributed by atoms with E-state index in [0.717, 1.165) is 36.6 Å². The van der Waals surface area contributed by atoms with Crippen molar-refractivity contribution in [1.29, 1.82) is 0 Å². The lowest BCUT2D eigenvalue weighted by Crippen LogP contribution is -2.13. The number of hydrogen-bond acceptors (Lipinski definition) is 4. The molecule has 0 bridgehead atoms. The van der Waals surface area contributed by atoms with Crippen molar-refractivity contribution in [2.24, 2.45) is 0 Å².